The third kappa shape index (κ3) is 3.62. The lowest BCUT2D eigenvalue weighted by Crippen LogP contribution is -2.51. The average molecular weight is 327 g/mol. The molecule has 0 N–H and O–H groups in total. The number of nitrogens with zero attached hydrogens (tertiary/aromatic N) is 1. The Bertz CT molecular complexity index is 573. The van der Waals surface area contributed by atoms with Gasteiger partial charge in [0.25, 0.3) is 10.1 Å². The monoisotopic (exact) mass is 327 g/mol. The summed E-state index contributed by atoms with van der Waals surface area (Å²) in [4.78, 5) is 2.72. The van der Waals surface area contributed by atoms with Gasteiger partial charge in [-0.05, 0) is 31.9 Å². The Balaban J connectivity index is 1.54. The van der Waals surface area contributed by atoms with Gasteiger partial charge in [-0.15, -0.1) is 0 Å². The summed E-state index contributed by atoms with van der Waals surface area (Å²) in [7, 11) is -3.61. The van der Waals surface area contributed by atoms with Crippen LogP contribution in [-0.2, 0) is 14.3 Å². The summed E-state index contributed by atoms with van der Waals surface area (Å²) >= 11 is 1.99. The highest BCUT2D eigenvalue weighted by atomic mass is 32.2. The number of rotatable bonds is 4. The summed E-state index contributed by atoms with van der Waals surface area (Å²) in [6.45, 7) is 4.17. The lowest BCUT2D eigenvalue weighted by molar-refractivity contribution is 0.0258. The van der Waals surface area contributed by atoms with Crippen LogP contribution < -0.4 is 0 Å². The highest BCUT2D eigenvalue weighted by Gasteiger charge is 2.37. The fourth-order valence-electron chi connectivity index (χ4n) is 2.80. The number of thioether (sulfide) groups is 1. The fraction of sp³-hybridized carbons (Fsp3) is 0.600. The molecule has 6 heteroatoms. The molecule has 0 bridgehead atoms. The van der Waals surface area contributed by atoms with E-state index in [0.717, 1.165) is 31.5 Å². The highest BCUT2D eigenvalue weighted by Crippen LogP contribution is 2.32. The second-order valence-electron chi connectivity index (χ2n) is 5.76. The van der Waals surface area contributed by atoms with Crippen LogP contribution in [0, 0.1) is 6.92 Å². The van der Waals surface area contributed by atoms with Crippen LogP contribution in [0.1, 0.15) is 18.4 Å². The van der Waals surface area contributed by atoms with E-state index in [4.69, 9.17) is 4.18 Å². The number of aryl methyl sites for hydroxylation is 1. The van der Waals surface area contributed by atoms with Crippen molar-refractivity contribution in [3.05, 3.63) is 29.8 Å². The predicted octanol–water partition coefficient (Wildman–Crippen LogP) is 2.28. The van der Waals surface area contributed by atoms with Gasteiger partial charge in [0.1, 0.15) is 0 Å². The summed E-state index contributed by atoms with van der Waals surface area (Å²) < 4.78 is 29.7. The van der Waals surface area contributed by atoms with Crippen LogP contribution in [0.4, 0.5) is 0 Å². The van der Waals surface area contributed by atoms with Crippen LogP contribution in [0.15, 0.2) is 29.2 Å². The normalized spacial score (nSPS) is 27.3. The zero-order valence-electron chi connectivity index (χ0n) is 12.2. The van der Waals surface area contributed by atoms with Gasteiger partial charge in [0, 0.05) is 30.6 Å². The molecule has 0 unspecified atom stereocenters. The van der Waals surface area contributed by atoms with E-state index in [1.54, 1.807) is 24.3 Å². The maximum Gasteiger partial charge on any atom is 0.297 e. The Hall–Kier alpha value is -0.560. The second-order valence-corrected chi connectivity index (χ2v) is 8.56. The van der Waals surface area contributed by atoms with E-state index in [-0.39, 0.29) is 11.0 Å². The van der Waals surface area contributed by atoms with Crippen molar-refractivity contribution in [3.63, 3.8) is 0 Å². The molecular formula is C15H21NO3S2. The minimum atomic E-state index is -3.61. The molecule has 0 amide bonds. The first-order chi connectivity index (χ1) is 10.0. The Kier molecular flexibility index (Phi) is 4.59. The molecule has 0 radical (unpaired) electrons. The Morgan fingerprint density at radius 2 is 1.76 bits per heavy atom. The molecule has 4 nitrogen and oxygen atoms in total. The van der Waals surface area contributed by atoms with Crippen molar-refractivity contribution in [1.82, 2.24) is 4.90 Å². The Morgan fingerprint density at radius 3 is 2.38 bits per heavy atom. The van der Waals surface area contributed by atoms with Gasteiger partial charge >= 0.3 is 0 Å². The molecule has 116 valence electrons. The van der Waals surface area contributed by atoms with Gasteiger partial charge in [-0.2, -0.15) is 20.2 Å². The SMILES string of the molecule is Cc1ccc(S(=O)(=O)O[C@H]2C[C@@H](N3CCSCC3)C2)cc1. The van der Waals surface area contributed by atoms with E-state index < -0.39 is 10.1 Å². The third-order valence-corrected chi connectivity index (χ3v) is 6.52. The third-order valence-electron chi connectivity index (χ3n) is 4.20. The van der Waals surface area contributed by atoms with Crippen molar-refractivity contribution >= 4 is 21.9 Å². The molecule has 2 aliphatic rings. The molecular weight excluding hydrogens is 306 g/mol. The average Bonchev–Trinajstić information content (AvgIpc) is 2.44. The number of hydrogen-bond donors (Lipinski definition) is 0. The molecule has 0 atom stereocenters. The molecule has 1 saturated carbocycles. The van der Waals surface area contributed by atoms with Gasteiger partial charge in [-0.3, -0.25) is 9.08 Å². The molecule has 1 heterocycles. The van der Waals surface area contributed by atoms with Crippen molar-refractivity contribution in [2.75, 3.05) is 24.6 Å². The van der Waals surface area contributed by atoms with Gasteiger partial charge < -0.3 is 0 Å². The van der Waals surface area contributed by atoms with Crippen molar-refractivity contribution in [1.29, 1.82) is 0 Å². The van der Waals surface area contributed by atoms with Crippen molar-refractivity contribution in [3.8, 4) is 0 Å². The second kappa shape index (κ2) is 6.28. The van der Waals surface area contributed by atoms with E-state index in [0.29, 0.717) is 6.04 Å². The number of benzene rings is 1. The van der Waals surface area contributed by atoms with Crippen molar-refractivity contribution in [2.45, 2.75) is 36.8 Å². The van der Waals surface area contributed by atoms with Gasteiger partial charge in [0.2, 0.25) is 0 Å². The smallest absolute Gasteiger partial charge is 0.297 e. The first-order valence-corrected chi connectivity index (χ1v) is 9.93. The van der Waals surface area contributed by atoms with Crippen LogP contribution in [0.3, 0.4) is 0 Å². The molecule has 0 aromatic heterocycles. The van der Waals surface area contributed by atoms with Crippen LogP contribution in [0.2, 0.25) is 0 Å². The molecule has 0 spiro atoms. The molecule has 1 aromatic carbocycles. The van der Waals surface area contributed by atoms with E-state index in [9.17, 15) is 8.42 Å². The van der Waals surface area contributed by atoms with Gasteiger partial charge in [0.15, 0.2) is 0 Å². The summed E-state index contributed by atoms with van der Waals surface area (Å²) in [6, 6.07) is 7.33. The first-order valence-electron chi connectivity index (χ1n) is 7.36. The van der Waals surface area contributed by atoms with Crippen LogP contribution in [0.5, 0.6) is 0 Å². The summed E-state index contributed by atoms with van der Waals surface area (Å²) in [5.41, 5.74) is 1.04. The lowest BCUT2D eigenvalue weighted by Gasteiger charge is -2.43. The van der Waals surface area contributed by atoms with Gasteiger partial charge in [-0.25, -0.2) is 0 Å². The maximum absolute atomic E-state index is 12.2. The highest BCUT2D eigenvalue weighted by molar-refractivity contribution is 7.99. The van der Waals surface area contributed by atoms with Crippen LogP contribution in [-0.4, -0.2) is 50.1 Å². The largest absolute Gasteiger partial charge is 0.299 e. The molecule has 1 aliphatic heterocycles. The molecule has 1 saturated heterocycles. The van der Waals surface area contributed by atoms with E-state index in [1.807, 2.05) is 18.7 Å². The van der Waals surface area contributed by atoms with E-state index in [2.05, 4.69) is 4.90 Å². The van der Waals surface area contributed by atoms with Crippen molar-refractivity contribution < 1.29 is 12.6 Å². The molecule has 21 heavy (non-hydrogen) atoms. The Labute approximate surface area is 131 Å². The number of hydrogen-bond acceptors (Lipinski definition) is 5. The summed E-state index contributed by atoms with van der Waals surface area (Å²) in [5.74, 6) is 2.37. The molecule has 3 rings (SSSR count). The molecule has 1 aromatic rings. The predicted molar refractivity (Wildman–Crippen MR) is 85.2 cm³/mol. The van der Waals surface area contributed by atoms with Crippen LogP contribution in [0.25, 0.3) is 0 Å². The minimum Gasteiger partial charge on any atom is -0.299 e. The van der Waals surface area contributed by atoms with Gasteiger partial charge in [-0.1, -0.05) is 17.7 Å². The van der Waals surface area contributed by atoms with E-state index >= 15 is 0 Å². The topological polar surface area (TPSA) is 46.6 Å². The quantitative estimate of drug-likeness (QED) is 0.794. The Morgan fingerprint density at radius 1 is 1.14 bits per heavy atom. The zero-order valence-corrected chi connectivity index (χ0v) is 13.8. The summed E-state index contributed by atoms with van der Waals surface area (Å²) in [5, 5.41) is 0. The van der Waals surface area contributed by atoms with Gasteiger partial charge in [0.05, 0.1) is 11.0 Å². The zero-order chi connectivity index (χ0) is 14.9. The fourth-order valence-corrected chi connectivity index (χ4v) is 4.82. The van der Waals surface area contributed by atoms with E-state index in [1.165, 1.54) is 11.5 Å². The maximum atomic E-state index is 12.2. The molecule has 1 aliphatic carbocycles. The lowest BCUT2D eigenvalue weighted by atomic mass is 9.88. The van der Waals surface area contributed by atoms with Crippen molar-refractivity contribution in [2.24, 2.45) is 0 Å². The summed E-state index contributed by atoms with van der Waals surface area (Å²) in [6.07, 6.45) is 1.50. The first kappa shape index (κ1) is 15.3. The standard InChI is InChI=1S/C15H21NO3S2/c1-12-2-4-15(5-3-12)21(17,18)19-14-10-13(11-14)16-6-8-20-9-7-16/h2-5,13-14H,6-11H2,1H3/t13-,14+. The molecule has 2 fully saturated rings. The minimum absolute atomic E-state index is 0.157. The van der Waals surface area contributed by atoms with Crippen LogP contribution >= 0.6 is 11.8 Å².